The Bertz CT molecular complexity index is 1340. The molecule has 0 bridgehead atoms. The molecule has 5 rings (SSSR count). The quantitative estimate of drug-likeness (QED) is 0.350. The van der Waals surface area contributed by atoms with Crippen molar-refractivity contribution in [1.82, 2.24) is 19.6 Å². The fourth-order valence-corrected chi connectivity index (χ4v) is 6.18. The number of hydrogen-bond donors (Lipinski definition) is 1. The fraction of sp³-hybridized carbons (Fsp3) is 0.552. The molecule has 3 aromatic rings. The monoisotopic (exact) mass is 520 g/mol. The van der Waals surface area contributed by atoms with E-state index in [1.165, 1.54) is 0 Å². The van der Waals surface area contributed by atoms with Gasteiger partial charge in [-0.25, -0.2) is 9.50 Å². The highest BCUT2D eigenvalue weighted by atomic mass is 16.6. The van der Waals surface area contributed by atoms with Crippen LogP contribution in [0.2, 0.25) is 0 Å². The maximum Gasteiger partial charge on any atom is 0.317 e. The molecule has 1 aliphatic carbocycles. The van der Waals surface area contributed by atoms with Crippen molar-refractivity contribution >= 4 is 17.5 Å². The van der Waals surface area contributed by atoms with Gasteiger partial charge in [-0.15, -0.1) is 5.10 Å². The third kappa shape index (κ3) is 5.04. The van der Waals surface area contributed by atoms with Gasteiger partial charge in [0.1, 0.15) is 17.3 Å². The van der Waals surface area contributed by atoms with E-state index in [-0.39, 0.29) is 24.5 Å². The largest absolute Gasteiger partial charge is 0.496 e. The number of esters is 1. The van der Waals surface area contributed by atoms with Gasteiger partial charge in [-0.1, -0.05) is 18.9 Å². The Balaban J connectivity index is 1.36. The smallest absolute Gasteiger partial charge is 0.317 e. The predicted octanol–water partition coefficient (Wildman–Crippen LogP) is 4.04. The molecule has 2 fully saturated rings. The Morgan fingerprint density at radius 3 is 2.63 bits per heavy atom. The van der Waals surface area contributed by atoms with E-state index in [2.05, 4.69) is 15.1 Å². The number of ether oxygens (including phenoxy) is 2. The summed E-state index contributed by atoms with van der Waals surface area (Å²) in [4.78, 5) is 35.8. The number of hydrogen-bond acceptors (Lipinski definition) is 8. The number of cyclic esters (lactones) is 1. The third-order valence-electron chi connectivity index (χ3n) is 8.18. The summed E-state index contributed by atoms with van der Waals surface area (Å²) in [7, 11) is 1.58. The van der Waals surface area contributed by atoms with Gasteiger partial charge in [0, 0.05) is 29.8 Å². The van der Waals surface area contributed by atoms with Crippen LogP contribution < -0.4 is 4.74 Å². The SMILES string of the molecule is COc1ccc(CCC2(C3CCCC3)CC(=O)C(Cc3nc4nc(C)cc(C)n4n3)C(=O)O2)cc1[C@@H](C)O. The predicted molar refractivity (Wildman–Crippen MR) is 140 cm³/mol. The van der Waals surface area contributed by atoms with Gasteiger partial charge in [0.05, 0.1) is 13.2 Å². The van der Waals surface area contributed by atoms with Crippen molar-refractivity contribution in [2.75, 3.05) is 7.11 Å². The second-order valence-electron chi connectivity index (χ2n) is 10.9. The van der Waals surface area contributed by atoms with Gasteiger partial charge in [-0.3, -0.25) is 9.59 Å². The van der Waals surface area contributed by atoms with Gasteiger partial charge in [0.15, 0.2) is 11.6 Å². The molecular formula is C29H36N4O5. The molecule has 2 unspecified atom stereocenters. The molecule has 38 heavy (non-hydrogen) atoms. The van der Waals surface area contributed by atoms with E-state index in [9.17, 15) is 14.7 Å². The van der Waals surface area contributed by atoms with Crippen LogP contribution in [0.5, 0.6) is 5.75 Å². The number of nitrogens with zero attached hydrogens (tertiary/aromatic N) is 4. The first kappa shape index (κ1) is 26.3. The van der Waals surface area contributed by atoms with Gasteiger partial charge >= 0.3 is 5.97 Å². The molecule has 1 saturated carbocycles. The lowest BCUT2D eigenvalue weighted by Crippen LogP contribution is -2.52. The Morgan fingerprint density at radius 1 is 1.18 bits per heavy atom. The second-order valence-corrected chi connectivity index (χ2v) is 10.9. The average molecular weight is 521 g/mol. The second kappa shape index (κ2) is 10.4. The molecule has 1 N–H and O–H groups in total. The van der Waals surface area contributed by atoms with E-state index in [4.69, 9.17) is 9.47 Å². The van der Waals surface area contributed by atoms with Crippen molar-refractivity contribution in [3.63, 3.8) is 0 Å². The highest BCUT2D eigenvalue weighted by Gasteiger charge is 2.51. The molecule has 0 amide bonds. The van der Waals surface area contributed by atoms with Crippen LogP contribution in [-0.2, 0) is 27.2 Å². The number of aromatic nitrogens is 4. The van der Waals surface area contributed by atoms with Crippen LogP contribution in [0.4, 0.5) is 0 Å². The van der Waals surface area contributed by atoms with Crippen LogP contribution in [0, 0.1) is 25.7 Å². The summed E-state index contributed by atoms with van der Waals surface area (Å²) in [5.74, 6) is 0.182. The fourth-order valence-electron chi connectivity index (χ4n) is 6.18. The maximum atomic E-state index is 13.5. The van der Waals surface area contributed by atoms with Crippen molar-refractivity contribution in [2.45, 2.75) is 83.8 Å². The molecular weight excluding hydrogens is 484 g/mol. The number of ketones is 1. The summed E-state index contributed by atoms with van der Waals surface area (Å²) in [6.45, 7) is 5.52. The molecule has 2 aliphatic rings. The summed E-state index contributed by atoms with van der Waals surface area (Å²) in [6, 6.07) is 7.67. The number of aryl methyl sites for hydroxylation is 3. The molecule has 202 valence electrons. The number of methoxy groups -OCH3 is 1. The Hall–Kier alpha value is -3.33. The number of carbonyl (C=O) groups excluding carboxylic acids is 2. The lowest BCUT2D eigenvalue weighted by Gasteiger charge is -2.43. The first-order valence-electron chi connectivity index (χ1n) is 13.5. The number of carbonyl (C=O) groups is 2. The normalized spacial score (nSPS) is 23.1. The molecule has 3 heterocycles. The van der Waals surface area contributed by atoms with E-state index >= 15 is 0 Å². The van der Waals surface area contributed by atoms with Gasteiger partial charge in [0.25, 0.3) is 5.78 Å². The zero-order valence-corrected chi connectivity index (χ0v) is 22.6. The maximum absolute atomic E-state index is 13.5. The van der Waals surface area contributed by atoms with Gasteiger partial charge < -0.3 is 14.6 Å². The van der Waals surface area contributed by atoms with Crippen LogP contribution in [0.1, 0.15) is 79.9 Å². The topological polar surface area (TPSA) is 116 Å². The summed E-state index contributed by atoms with van der Waals surface area (Å²) >= 11 is 0. The molecule has 0 spiro atoms. The van der Waals surface area contributed by atoms with Gasteiger partial charge in [0.2, 0.25) is 0 Å². The molecule has 1 saturated heterocycles. The molecule has 9 nitrogen and oxygen atoms in total. The number of Topliss-reactive ketones (excluding diaryl/α,β-unsaturated/α-hetero) is 1. The van der Waals surface area contributed by atoms with Crippen LogP contribution in [0.3, 0.4) is 0 Å². The zero-order valence-electron chi connectivity index (χ0n) is 22.6. The van der Waals surface area contributed by atoms with E-state index in [0.29, 0.717) is 30.2 Å². The number of benzene rings is 1. The van der Waals surface area contributed by atoms with Crippen LogP contribution in [0.15, 0.2) is 24.3 Å². The Morgan fingerprint density at radius 2 is 1.95 bits per heavy atom. The van der Waals surface area contributed by atoms with Crippen LogP contribution in [-0.4, -0.2) is 49.2 Å². The zero-order chi connectivity index (χ0) is 27.0. The van der Waals surface area contributed by atoms with Crippen molar-refractivity contribution in [1.29, 1.82) is 0 Å². The van der Waals surface area contributed by atoms with Crippen molar-refractivity contribution in [2.24, 2.45) is 11.8 Å². The minimum atomic E-state index is -0.911. The highest BCUT2D eigenvalue weighted by Crippen LogP contribution is 2.45. The minimum absolute atomic E-state index is 0.104. The standard InChI is InChI=1S/C29H36N4O5/c1-17-13-18(2)33-28(30-17)31-26(32-33)15-23-24(35)16-29(38-27(23)36,21-7-5-6-8-21)12-11-20-9-10-25(37-4)22(14-20)19(3)34/h9-10,13-14,19,21,23,34H,5-8,11-12,15-16H2,1-4H3/t19-,23?,29?/m1/s1. The van der Waals surface area contributed by atoms with Crippen LogP contribution in [0.25, 0.3) is 5.78 Å². The Labute approximate surface area is 222 Å². The average Bonchev–Trinajstić information content (AvgIpc) is 3.55. The first-order valence-corrected chi connectivity index (χ1v) is 13.5. The molecule has 3 atom stereocenters. The lowest BCUT2D eigenvalue weighted by molar-refractivity contribution is -0.185. The van der Waals surface area contributed by atoms with E-state index in [1.54, 1.807) is 18.5 Å². The van der Waals surface area contributed by atoms with Crippen LogP contribution >= 0.6 is 0 Å². The third-order valence-corrected chi connectivity index (χ3v) is 8.18. The number of aliphatic hydroxyl groups is 1. The number of aliphatic hydroxyl groups excluding tert-OH is 1. The van der Waals surface area contributed by atoms with E-state index < -0.39 is 23.6 Å². The molecule has 2 aromatic heterocycles. The molecule has 0 radical (unpaired) electrons. The molecule has 1 aromatic carbocycles. The van der Waals surface area contributed by atoms with Crippen molar-refractivity contribution in [3.8, 4) is 5.75 Å². The van der Waals surface area contributed by atoms with Gasteiger partial charge in [-0.05, 0) is 76.1 Å². The molecule has 9 heteroatoms. The minimum Gasteiger partial charge on any atom is -0.496 e. The van der Waals surface area contributed by atoms with Crippen molar-refractivity contribution in [3.05, 3.63) is 52.6 Å². The summed E-state index contributed by atoms with van der Waals surface area (Å²) in [6.07, 6.45) is 4.89. The summed E-state index contributed by atoms with van der Waals surface area (Å²) < 4.78 is 13.3. The van der Waals surface area contributed by atoms with Gasteiger partial charge in [-0.2, -0.15) is 4.98 Å². The van der Waals surface area contributed by atoms with Crippen molar-refractivity contribution < 1.29 is 24.2 Å². The number of fused-ring (bicyclic) bond motifs is 1. The number of rotatable bonds is 8. The van der Waals surface area contributed by atoms with E-state index in [1.807, 2.05) is 38.1 Å². The lowest BCUT2D eigenvalue weighted by atomic mass is 9.73. The summed E-state index contributed by atoms with van der Waals surface area (Å²) in [5.41, 5.74) is 2.64. The molecule has 1 aliphatic heterocycles. The summed E-state index contributed by atoms with van der Waals surface area (Å²) in [5, 5.41) is 14.7. The first-order chi connectivity index (χ1) is 18.2. The van der Waals surface area contributed by atoms with E-state index in [0.717, 1.165) is 48.2 Å². The highest BCUT2D eigenvalue weighted by molar-refractivity contribution is 6.01. The Kier molecular flexibility index (Phi) is 7.22.